The summed E-state index contributed by atoms with van der Waals surface area (Å²) in [5.41, 5.74) is -3.91. The highest BCUT2D eigenvalue weighted by Crippen LogP contribution is 2.39. The average molecular weight is 578 g/mol. The number of fused-ring (bicyclic) bond motifs is 2. The Morgan fingerprint density at radius 3 is 1.95 bits per heavy atom. The van der Waals surface area contributed by atoms with Gasteiger partial charge in [-0.15, -0.1) is 0 Å². The van der Waals surface area contributed by atoms with Crippen molar-refractivity contribution in [2.24, 2.45) is 0 Å². The third-order valence-electron chi connectivity index (χ3n) is 8.18. The Labute approximate surface area is 239 Å². The SMILES string of the molecule is CC(C)(O)C(O)CCC(C)(O)C(O)CCC(C)(O)C(O)CN1C(=O)c2cccc(O)c2CCc2c(O)cc(O)cc21. The molecule has 1 amide bonds. The lowest BCUT2D eigenvalue weighted by Crippen LogP contribution is -2.50. The number of phenolic OH excluding ortho intramolecular Hbond substituents is 3. The normalized spacial score (nSPS) is 19.2. The number of aliphatic hydroxyl groups excluding tert-OH is 3. The van der Waals surface area contributed by atoms with Crippen LogP contribution < -0.4 is 4.90 Å². The van der Waals surface area contributed by atoms with Gasteiger partial charge < -0.3 is 50.9 Å². The van der Waals surface area contributed by atoms with Gasteiger partial charge in [-0.3, -0.25) is 4.79 Å². The molecule has 2 aromatic rings. The van der Waals surface area contributed by atoms with Crippen molar-refractivity contribution in [2.75, 3.05) is 11.4 Å². The number of β-amino-alcohol motifs (C(OH)–C–C–N with tert-alkyl or cyclic N) is 1. The van der Waals surface area contributed by atoms with Crippen LogP contribution in [0.1, 0.15) is 74.9 Å². The summed E-state index contributed by atoms with van der Waals surface area (Å²) >= 11 is 0. The quantitative estimate of drug-likeness (QED) is 0.188. The van der Waals surface area contributed by atoms with Crippen LogP contribution in [0.2, 0.25) is 0 Å². The van der Waals surface area contributed by atoms with Crippen molar-refractivity contribution in [1.29, 1.82) is 0 Å². The molecule has 9 N–H and O–H groups in total. The Kier molecular flexibility index (Phi) is 9.64. The zero-order chi connectivity index (χ0) is 30.9. The fraction of sp³-hybridized carbons (Fsp3) is 0.567. The van der Waals surface area contributed by atoms with E-state index in [9.17, 15) is 50.8 Å². The molecule has 5 atom stereocenters. The molecule has 1 aliphatic rings. The highest BCUT2D eigenvalue weighted by Gasteiger charge is 2.39. The number of aliphatic hydroxyl groups is 6. The average Bonchev–Trinajstić information content (AvgIpc) is 2.86. The summed E-state index contributed by atoms with van der Waals surface area (Å²) in [7, 11) is 0. The zero-order valence-corrected chi connectivity index (χ0v) is 23.9. The van der Waals surface area contributed by atoms with Crippen molar-refractivity contribution in [3.05, 3.63) is 47.0 Å². The smallest absolute Gasteiger partial charge is 0.258 e. The molecule has 0 aromatic heterocycles. The van der Waals surface area contributed by atoms with Crippen LogP contribution in [-0.2, 0) is 12.8 Å². The van der Waals surface area contributed by atoms with Gasteiger partial charge >= 0.3 is 0 Å². The number of benzene rings is 2. The van der Waals surface area contributed by atoms with Gasteiger partial charge in [0.25, 0.3) is 5.91 Å². The van der Waals surface area contributed by atoms with E-state index in [1.54, 1.807) is 0 Å². The molecule has 11 heteroatoms. The van der Waals surface area contributed by atoms with Gasteiger partial charge in [0, 0.05) is 28.8 Å². The monoisotopic (exact) mass is 577 g/mol. The lowest BCUT2D eigenvalue weighted by atomic mass is 9.83. The van der Waals surface area contributed by atoms with Crippen molar-refractivity contribution in [3.8, 4) is 17.2 Å². The molecule has 0 spiro atoms. The lowest BCUT2D eigenvalue weighted by molar-refractivity contribution is -0.109. The van der Waals surface area contributed by atoms with Gasteiger partial charge in [0.2, 0.25) is 0 Å². The Morgan fingerprint density at radius 1 is 0.780 bits per heavy atom. The largest absolute Gasteiger partial charge is 0.508 e. The van der Waals surface area contributed by atoms with Gasteiger partial charge in [0.1, 0.15) is 23.4 Å². The van der Waals surface area contributed by atoms with Crippen LogP contribution >= 0.6 is 0 Å². The molecule has 5 unspecified atom stereocenters. The molecule has 0 fully saturated rings. The maximum Gasteiger partial charge on any atom is 0.258 e. The van der Waals surface area contributed by atoms with Gasteiger partial charge in [-0.25, -0.2) is 0 Å². The van der Waals surface area contributed by atoms with E-state index in [1.165, 1.54) is 52.0 Å². The molecule has 0 radical (unpaired) electrons. The molecule has 3 rings (SSSR count). The summed E-state index contributed by atoms with van der Waals surface area (Å²) < 4.78 is 0. The minimum atomic E-state index is -1.85. The van der Waals surface area contributed by atoms with Gasteiger partial charge in [0.05, 0.1) is 41.2 Å². The van der Waals surface area contributed by atoms with E-state index >= 15 is 0 Å². The topological polar surface area (TPSA) is 202 Å². The summed E-state index contributed by atoms with van der Waals surface area (Å²) in [6, 6.07) is 6.89. The van der Waals surface area contributed by atoms with Gasteiger partial charge in [0.15, 0.2) is 0 Å². The van der Waals surface area contributed by atoms with Crippen molar-refractivity contribution < 1.29 is 50.8 Å². The van der Waals surface area contributed by atoms with E-state index < -0.39 is 47.6 Å². The van der Waals surface area contributed by atoms with E-state index in [2.05, 4.69) is 0 Å². The molecule has 1 aliphatic heterocycles. The van der Waals surface area contributed by atoms with Crippen LogP contribution in [0.5, 0.6) is 17.2 Å². The number of hydrogen-bond donors (Lipinski definition) is 9. The molecule has 0 bridgehead atoms. The van der Waals surface area contributed by atoms with Crippen molar-refractivity contribution >= 4 is 11.6 Å². The van der Waals surface area contributed by atoms with Gasteiger partial charge in [-0.05, 0) is 78.4 Å². The first-order valence-corrected chi connectivity index (χ1v) is 13.7. The third-order valence-corrected chi connectivity index (χ3v) is 8.18. The Hall–Kier alpha value is -2.93. The number of aromatic hydroxyl groups is 3. The fourth-order valence-corrected chi connectivity index (χ4v) is 5.07. The van der Waals surface area contributed by atoms with Crippen LogP contribution in [0.4, 0.5) is 5.69 Å². The first kappa shape index (κ1) is 32.6. The minimum Gasteiger partial charge on any atom is -0.508 e. The summed E-state index contributed by atoms with van der Waals surface area (Å²) in [5.74, 6) is -1.29. The molecule has 0 saturated carbocycles. The second-order valence-corrected chi connectivity index (χ2v) is 12.2. The van der Waals surface area contributed by atoms with Crippen LogP contribution in [0.25, 0.3) is 0 Å². The number of anilines is 1. The highest BCUT2D eigenvalue weighted by atomic mass is 16.4. The second kappa shape index (κ2) is 12.1. The van der Waals surface area contributed by atoms with E-state index in [4.69, 9.17) is 0 Å². The maximum atomic E-state index is 13.7. The Balaban J connectivity index is 1.81. The first-order chi connectivity index (χ1) is 18.8. The molecular weight excluding hydrogens is 534 g/mol. The van der Waals surface area contributed by atoms with E-state index in [-0.39, 0.29) is 67.0 Å². The predicted octanol–water partition coefficient (Wildman–Crippen LogP) is 1.46. The molecule has 11 nitrogen and oxygen atoms in total. The van der Waals surface area contributed by atoms with Crippen LogP contribution in [-0.4, -0.2) is 93.5 Å². The number of rotatable bonds is 11. The number of carbonyl (C=O) groups is 1. The molecule has 0 aliphatic carbocycles. The van der Waals surface area contributed by atoms with Crippen molar-refractivity contribution in [1.82, 2.24) is 0 Å². The molecule has 2 aromatic carbocycles. The first-order valence-electron chi connectivity index (χ1n) is 13.7. The molecule has 0 saturated heterocycles. The van der Waals surface area contributed by atoms with Crippen LogP contribution in [0.15, 0.2) is 30.3 Å². The van der Waals surface area contributed by atoms with Crippen molar-refractivity contribution in [2.45, 2.75) is 101 Å². The summed E-state index contributed by atoms with van der Waals surface area (Å²) in [4.78, 5) is 14.9. The van der Waals surface area contributed by atoms with Gasteiger partial charge in [-0.2, -0.15) is 0 Å². The molecule has 228 valence electrons. The van der Waals surface area contributed by atoms with Crippen LogP contribution in [0, 0.1) is 0 Å². The standard InChI is InChI=1S/C30H43NO10/c1-28(2,39)24(35)10-12-29(3,40)25(36)11-13-30(4,41)26(37)16-31-21-14-17(32)15-23(34)20(21)9-8-18-19(27(31)38)6-5-7-22(18)33/h5-7,14-15,24-26,32-37,39-41H,8-13,16H2,1-4H3. The lowest BCUT2D eigenvalue weighted by Gasteiger charge is -2.37. The molecular formula is C30H43NO10. The van der Waals surface area contributed by atoms with Gasteiger partial charge in [-0.1, -0.05) is 6.07 Å². The van der Waals surface area contributed by atoms with E-state index in [0.29, 0.717) is 11.1 Å². The maximum absolute atomic E-state index is 13.7. The molecule has 41 heavy (non-hydrogen) atoms. The van der Waals surface area contributed by atoms with E-state index in [0.717, 1.165) is 11.0 Å². The number of nitrogens with zero attached hydrogens (tertiary/aromatic N) is 1. The summed E-state index contributed by atoms with van der Waals surface area (Å²) in [6.45, 7) is 5.11. The number of phenols is 3. The zero-order valence-electron chi connectivity index (χ0n) is 23.9. The number of hydrogen-bond acceptors (Lipinski definition) is 10. The summed E-state index contributed by atoms with van der Waals surface area (Å²) in [6.07, 6.45) is -3.95. The summed E-state index contributed by atoms with van der Waals surface area (Å²) in [5, 5.41) is 94.9. The Morgan fingerprint density at radius 2 is 1.34 bits per heavy atom. The highest BCUT2D eigenvalue weighted by molar-refractivity contribution is 6.08. The fourth-order valence-electron chi connectivity index (χ4n) is 5.07. The number of carbonyl (C=O) groups excluding carboxylic acids is 1. The minimum absolute atomic E-state index is 0.0137. The number of amides is 1. The predicted molar refractivity (Wildman–Crippen MR) is 151 cm³/mol. The Bertz CT molecular complexity index is 1240. The van der Waals surface area contributed by atoms with Crippen LogP contribution in [0.3, 0.4) is 0 Å². The van der Waals surface area contributed by atoms with Crippen molar-refractivity contribution in [3.63, 3.8) is 0 Å². The molecule has 1 heterocycles. The third kappa shape index (κ3) is 7.48. The van der Waals surface area contributed by atoms with E-state index in [1.807, 2.05) is 0 Å². The second-order valence-electron chi connectivity index (χ2n) is 12.2.